The molecule has 0 heterocycles. The first-order chi connectivity index (χ1) is 6.70. The van der Waals surface area contributed by atoms with Crippen molar-refractivity contribution in [3.8, 4) is 0 Å². The fourth-order valence-corrected chi connectivity index (χ4v) is 1.12. The summed E-state index contributed by atoms with van der Waals surface area (Å²) in [7, 11) is 0. The molecule has 0 aliphatic heterocycles. The zero-order valence-electron chi connectivity index (χ0n) is 8.86. The Labute approximate surface area is 85.1 Å². The molecule has 0 aromatic carbocycles. The van der Waals surface area contributed by atoms with Crippen LogP contribution in [0.4, 0.5) is 0 Å². The number of aldehydes is 1. The fourth-order valence-electron chi connectivity index (χ4n) is 1.12. The highest BCUT2D eigenvalue weighted by Gasteiger charge is 1.99. The largest absolute Gasteiger partial charge is 0.463 e. The van der Waals surface area contributed by atoms with Crippen LogP contribution in [0.25, 0.3) is 0 Å². The van der Waals surface area contributed by atoms with Crippen molar-refractivity contribution in [1.82, 2.24) is 0 Å². The lowest BCUT2D eigenvalue weighted by atomic mass is 10.0. The molecule has 3 heteroatoms. The molecule has 1 unspecified atom stereocenters. The third-order valence-corrected chi connectivity index (χ3v) is 2.03. The molecule has 3 nitrogen and oxygen atoms in total. The molecule has 1 atom stereocenters. The molecule has 0 bridgehead atoms. The lowest BCUT2D eigenvalue weighted by molar-refractivity contribution is -0.127. The third kappa shape index (κ3) is 7.53. The van der Waals surface area contributed by atoms with Crippen molar-refractivity contribution in [3.05, 3.63) is 11.6 Å². The molecule has 0 spiro atoms. The zero-order valence-corrected chi connectivity index (χ0v) is 8.86. The summed E-state index contributed by atoms with van der Waals surface area (Å²) in [6.45, 7) is 4.80. The van der Waals surface area contributed by atoms with Crippen LogP contribution in [0.2, 0.25) is 0 Å². The van der Waals surface area contributed by atoms with E-state index in [0.717, 1.165) is 24.7 Å². The standard InChI is InChI=1S/C11H18O3/c1-10(6-7-12)4-3-5-11(2)8-14-9-13/h5,7,9-10H,3-4,6,8H2,1-2H3. The van der Waals surface area contributed by atoms with Gasteiger partial charge in [0.25, 0.3) is 6.47 Å². The Balaban J connectivity index is 3.58. The van der Waals surface area contributed by atoms with Crippen molar-refractivity contribution in [2.75, 3.05) is 6.61 Å². The summed E-state index contributed by atoms with van der Waals surface area (Å²) < 4.78 is 4.60. The highest BCUT2D eigenvalue weighted by atomic mass is 16.5. The van der Waals surface area contributed by atoms with Gasteiger partial charge < -0.3 is 9.53 Å². The summed E-state index contributed by atoms with van der Waals surface area (Å²) in [5.41, 5.74) is 1.05. The molecule has 0 aromatic heterocycles. The van der Waals surface area contributed by atoms with Gasteiger partial charge >= 0.3 is 0 Å². The molecule has 0 aromatic rings. The van der Waals surface area contributed by atoms with E-state index in [-0.39, 0.29) is 0 Å². The predicted molar refractivity (Wildman–Crippen MR) is 54.9 cm³/mol. The second kappa shape index (κ2) is 8.48. The van der Waals surface area contributed by atoms with Gasteiger partial charge in [0.1, 0.15) is 12.9 Å². The molecular weight excluding hydrogens is 180 g/mol. The van der Waals surface area contributed by atoms with Gasteiger partial charge in [-0.05, 0) is 31.3 Å². The number of allylic oxidation sites excluding steroid dienone is 1. The molecule has 0 fully saturated rings. The summed E-state index contributed by atoms with van der Waals surface area (Å²) in [5.74, 6) is 0.434. The van der Waals surface area contributed by atoms with E-state index >= 15 is 0 Å². The van der Waals surface area contributed by atoms with Gasteiger partial charge in [0.2, 0.25) is 0 Å². The minimum Gasteiger partial charge on any atom is -0.463 e. The molecular formula is C11H18O3. The Hall–Kier alpha value is -1.12. The quantitative estimate of drug-likeness (QED) is 0.443. The molecule has 0 N–H and O–H groups in total. The van der Waals surface area contributed by atoms with Crippen molar-refractivity contribution in [1.29, 1.82) is 0 Å². The Bertz CT molecular complexity index is 197. The SMILES string of the molecule is CC(=CCCC(C)CC=O)COC=O. The molecule has 0 radical (unpaired) electrons. The van der Waals surface area contributed by atoms with E-state index in [1.165, 1.54) is 0 Å². The normalized spacial score (nSPS) is 13.4. The van der Waals surface area contributed by atoms with Crippen molar-refractivity contribution in [2.45, 2.75) is 33.1 Å². The second-order valence-corrected chi connectivity index (χ2v) is 3.54. The average Bonchev–Trinajstić information content (AvgIpc) is 2.15. The summed E-state index contributed by atoms with van der Waals surface area (Å²) in [5, 5.41) is 0. The smallest absolute Gasteiger partial charge is 0.293 e. The minimum absolute atomic E-state index is 0.367. The van der Waals surface area contributed by atoms with Crippen molar-refractivity contribution in [3.63, 3.8) is 0 Å². The van der Waals surface area contributed by atoms with E-state index in [1.807, 2.05) is 13.0 Å². The number of ether oxygens (including phenoxy) is 1. The van der Waals surface area contributed by atoms with Gasteiger partial charge in [0.05, 0.1) is 0 Å². The summed E-state index contributed by atoms with van der Waals surface area (Å²) >= 11 is 0. The van der Waals surface area contributed by atoms with E-state index in [1.54, 1.807) is 0 Å². The second-order valence-electron chi connectivity index (χ2n) is 3.54. The van der Waals surface area contributed by atoms with Crippen LogP contribution in [-0.4, -0.2) is 19.4 Å². The van der Waals surface area contributed by atoms with Crippen LogP contribution in [0.15, 0.2) is 11.6 Å². The zero-order chi connectivity index (χ0) is 10.8. The van der Waals surface area contributed by atoms with Crippen LogP contribution in [0.1, 0.15) is 33.1 Å². The maximum atomic E-state index is 10.2. The van der Waals surface area contributed by atoms with Gasteiger partial charge in [0.15, 0.2) is 0 Å². The van der Waals surface area contributed by atoms with E-state index in [4.69, 9.17) is 0 Å². The van der Waals surface area contributed by atoms with E-state index in [9.17, 15) is 9.59 Å². The molecule has 0 saturated heterocycles. The maximum Gasteiger partial charge on any atom is 0.293 e. The van der Waals surface area contributed by atoms with E-state index in [2.05, 4.69) is 11.7 Å². The van der Waals surface area contributed by atoms with E-state index < -0.39 is 0 Å². The molecule has 0 saturated carbocycles. The number of carbonyl (C=O) groups is 2. The first-order valence-electron chi connectivity index (χ1n) is 4.85. The van der Waals surface area contributed by atoms with E-state index in [0.29, 0.717) is 25.4 Å². The van der Waals surface area contributed by atoms with Crippen molar-refractivity contribution < 1.29 is 14.3 Å². The van der Waals surface area contributed by atoms with Gasteiger partial charge in [-0.2, -0.15) is 0 Å². The third-order valence-electron chi connectivity index (χ3n) is 2.03. The molecule has 0 aliphatic rings. The van der Waals surface area contributed by atoms with Gasteiger partial charge in [-0.1, -0.05) is 13.0 Å². The Morgan fingerprint density at radius 1 is 1.43 bits per heavy atom. The van der Waals surface area contributed by atoms with Gasteiger partial charge in [-0.3, -0.25) is 4.79 Å². The van der Waals surface area contributed by atoms with Gasteiger partial charge in [-0.25, -0.2) is 0 Å². The Morgan fingerprint density at radius 3 is 2.71 bits per heavy atom. The van der Waals surface area contributed by atoms with Crippen LogP contribution in [-0.2, 0) is 14.3 Å². The topological polar surface area (TPSA) is 43.4 Å². The lowest BCUT2D eigenvalue weighted by Crippen LogP contribution is -1.96. The lowest BCUT2D eigenvalue weighted by Gasteiger charge is -2.05. The van der Waals surface area contributed by atoms with Gasteiger partial charge in [0, 0.05) is 6.42 Å². The fraction of sp³-hybridized carbons (Fsp3) is 0.636. The predicted octanol–water partition coefficient (Wildman–Crippen LogP) is 2.11. The molecule has 0 aliphatic carbocycles. The van der Waals surface area contributed by atoms with Crippen LogP contribution in [0.5, 0.6) is 0 Å². The first-order valence-corrected chi connectivity index (χ1v) is 4.85. The van der Waals surface area contributed by atoms with Crippen LogP contribution in [0.3, 0.4) is 0 Å². The average molecular weight is 198 g/mol. The monoisotopic (exact) mass is 198 g/mol. The van der Waals surface area contributed by atoms with Crippen molar-refractivity contribution in [2.24, 2.45) is 5.92 Å². The highest BCUT2D eigenvalue weighted by Crippen LogP contribution is 2.10. The molecule has 0 rings (SSSR count). The van der Waals surface area contributed by atoms with Crippen LogP contribution in [0, 0.1) is 5.92 Å². The summed E-state index contributed by atoms with van der Waals surface area (Å²) in [4.78, 5) is 20.1. The molecule has 14 heavy (non-hydrogen) atoms. The molecule has 0 amide bonds. The highest BCUT2D eigenvalue weighted by molar-refractivity contribution is 5.49. The minimum atomic E-state index is 0.367. The summed E-state index contributed by atoms with van der Waals surface area (Å²) in [6, 6.07) is 0. The first kappa shape index (κ1) is 12.9. The number of hydrogen-bond donors (Lipinski definition) is 0. The van der Waals surface area contributed by atoms with Crippen LogP contribution < -0.4 is 0 Å². The van der Waals surface area contributed by atoms with Crippen molar-refractivity contribution >= 4 is 12.8 Å². The number of carbonyl (C=O) groups excluding carboxylic acids is 2. The Morgan fingerprint density at radius 2 is 2.14 bits per heavy atom. The van der Waals surface area contributed by atoms with Crippen LogP contribution >= 0.6 is 0 Å². The number of rotatable bonds is 8. The maximum absolute atomic E-state index is 10.2. The summed E-state index contributed by atoms with van der Waals surface area (Å²) in [6.07, 6.45) is 5.56. The molecule has 80 valence electrons. The van der Waals surface area contributed by atoms with Gasteiger partial charge in [-0.15, -0.1) is 0 Å². The Kier molecular flexibility index (Phi) is 7.80. The number of hydrogen-bond acceptors (Lipinski definition) is 3.